The first-order valence-electron chi connectivity index (χ1n) is 8.80. The summed E-state index contributed by atoms with van der Waals surface area (Å²) in [6.07, 6.45) is -1.06. The molecule has 0 bridgehead atoms. The fourth-order valence-corrected chi connectivity index (χ4v) is 4.68. The third-order valence-corrected chi connectivity index (χ3v) is 6.46. The molecule has 2 atom stereocenters. The number of carbonyl (C=O) groups is 2. The molecule has 1 aliphatic rings. The second-order valence-electron chi connectivity index (χ2n) is 6.69. The van der Waals surface area contributed by atoms with Gasteiger partial charge in [-0.25, -0.2) is 8.42 Å². The predicted molar refractivity (Wildman–Crippen MR) is 101 cm³/mol. The molecule has 1 aliphatic heterocycles. The van der Waals surface area contributed by atoms with Crippen molar-refractivity contribution < 1.29 is 27.9 Å². The van der Waals surface area contributed by atoms with E-state index in [0.29, 0.717) is 5.56 Å². The van der Waals surface area contributed by atoms with Gasteiger partial charge in [0.25, 0.3) is 0 Å². The number of esters is 1. The Morgan fingerprint density at radius 3 is 2.39 bits per heavy atom. The van der Waals surface area contributed by atoms with Crippen LogP contribution in [0.25, 0.3) is 0 Å². The highest BCUT2D eigenvalue weighted by Gasteiger charge is 2.44. The number of carbonyl (C=O) groups excluding carboxylic acids is 2. The highest BCUT2D eigenvalue weighted by Crippen LogP contribution is 2.27. The fourth-order valence-electron chi connectivity index (χ4n) is 3.05. The maximum atomic E-state index is 12.9. The lowest BCUT2D eigenvalue weighted by Gasteiger charge is -2.22. The van der Waals surface area contributed by atoms with Gasteiger partial charge >= 0.3 is 5.97 Å². The number of aliphatic hydroxyl groups is 1. The predicted octanol–water partition coefficient (Wildman–Crippen LogP) is 1.55. The van der Waals surface area contributed by atoms with Gasteiger partial charge in [0.05, 0.1) is 11.0 Å². The first-order chi connectivity index (χ1) is 13.3. The minimum atomic E-state index is -3.99. The van der Waals surface area contributed by atoms with E-state index in [-0.39, 0.29) is 23.6 Å². The molecule has 3 rings (SSSR count). The average Bonchev–Trinajstić information content (AvgIpc) is 3.09. The third-order valence-electron chi connectivity index (χ3n) is 4.57. The summed E-state index contributed by atoms with van der Waals surface area (Å²) in [6.45, 7) is 1.14. The second-order valence-corrected chi connectivity index (χ2v) is 8.58. The fraction of sp³-hybridized carbons (Fsp3) is 0.300. The van der Waals surface area contributed by atoms with Gasteiger partial charge in [0.2, 0.25) is 10.0 Å². The highest BCUT2D eigenvalue weighted by molar-refractivity contribution is 7.89. The number of hydrogen-bond donors (Lipinski definition) is 1. The zero-order valence-electron chi connectivity index (χ0n) is 15.3. The zero-order chi connectivity index (χ0) is 20.3. The van der Waals surface area contributed by atoms with Crippen molar-refractivity contribution in [3.63, 3.8) is 0 Å². The van der Waals surface area contributed by atoms with Crippen LogP contribution in [-0.2, 0) is 19.6 Å². The van der Waals surface area contributed by atoms with Crippen LogP contribution in [0.15, 0.2) is 59.5 Å². The Balaban J connectivity index is 1.73. The number of hydrogen-bond acceptors (Lipinski definition) is 6. The number of aliphatic hydroxyl groups excluding tert-OH is 1. The summed E-state index contributed by atoms with van der Waals surface area (Å²) in [5.74, 6) is -1.24. The SMILES string of the molecule is Cc1ccc(S(=O)(=O)N2C[C@@H](O)C[C@H]2C(=O)OCC(=O)c2ccccc2)cc1. The maximum absolute atomic E-state index is 12.9. The smallest absolute Gasteiger partial charge is 0.325 e. The molecule has 28 heavy (non-hydrogen) atoms. The Bertz CT molecular complexity index is 956. The van der Waals surface area contributed by atoms with Gasteiger partial charge in [0.15, 0.2) is 12.4 Å². The molecule has 0 aliphatic carbocycles. The van der Waals surface area contributed by atoms with Crippen LogP contribution in [0.1, 0.15) is 22.3 Å². The first kappa shape index (κ1) is 20.2. The molecule has 0 aromatic heterocycles. The number of ketones is 1. The van der Waals surface area contributed by atoms with Crippen LogP contribution in [0.5, 0.6) is 0 Å². The van der Waals surface area contributed by atoms with Gasteiger partial charge in [-0.05, 0) is 19.1 Å². The van der Waals surface area contributed by atoms with Crippen LogP contribution in [0.3, 0.4) is 0 Å². The molecular formula is C20H21NO6S. The lowest BCUT2D eigenvalue weighted by Crippen LogP contribution is -2.41. The van der Waals surface area contributed by atoms with Gasteiger partial charge in [-0.3, -0.25) is 9.59 Å². The Kier molecular flexibility index (Phi) is 5.93. The lowest BCUT2D eigenvalue weighted by atomic mass is 10.1. The Morgan fingerprint density at radius 2 is 1.75 bits per heavy atom. The van der Waals surface area contributed by atoms with Crippen LogP contribution in [0.4, 0.5) is 0 Å². The van der Waals surface area contributed by atoms with Crippen molar-refractivity contribution in [1.29, 1.82) is 0 Å². The Labute approximate surface area is 163 Å². The Hall–Kier alpha value is -2.55. The average molecular weight is 403 g/mol. The summed E-state index contributed by atoms with van der Waals surface area (Å²) in [6, 6.07) is 13.4. The molecule has 148 valence electrons. The van der Waals surface area contributed by atoms with Crippen molar-refractivity contribution in [2.45, 2.75) is 30.4 Å². The molecule has 0 amide bonds. The van der Waals surface area contributed by atoms with E-state index in [1.54, 1.807) is 42.5 Å². The van der Waals surface area contributed by atoms with Crippen molar-refractivity contribution >= 4 is 21.8 Å². The van der Waals surface area contributed by atoms with E-state index in [1.165, 1.54) is 12.1 Å². The van der Waals surface area contributed by atoms with Crippen molar-refractivity contribution in [2.24, 2.45) is 0 Å². The lowest BCUT2D eigenvalue weighted by molar-refractivity contribution is -0.146. The normalized spacial score (nSPS) is 20.1. The van der Waals surface area contributed by atoms with Gasteiger partial charge in [0.1, 0.15) is 6.04 Å². The number of aryl methyl sites for hydroxylation is 1. The highest BCUT2D eigenvalue weighted by atomic mass is 32.2. The van der Waals surface area contributed by atoms with E-state index >= 15 is 0 Å². The van der Waals surface area contributed by atoms with Gasteiger partial charge in [-0.1, -0.05) is 48.0 Å². The number of sulfonamides is 1. The second kappa shape index (κ2) is 8.22. The summed E-state index contributed by atoms with van der Waals surface area (Å²) in [4.78, 5) is 24.6. The number of ether oxygens (including phenoxy) is 1. The van der Waals surface area contributed by atoms with Crippen molar-refractivity contribution in [3.05, 3.63) is 65.7 Å². The van der Waals surface area contributed by atoms with Gasteiger partial charge in [0, 0.05) is 18.5 Å². The van der Waals surface area contributed by atoms with E-state index in [0.717, 1.165) is 9.87 Å². The van der Waals surface area contributed by atoms with Crippen molar-refractivity contribution in [3.8, 4) is 0 Å². The summed E-state index contributed by atoms with van der Waals surface area (Å²) >= 11 is 0. The molecule has 8 heteroatoms. The summed E-state index contributed by atoms with van der Waals surface area (Å²) < 4.78 is 31.8. The maximum Gasteiger partial charge on any atom is 0.325 e. The first-order valence-corrected chi connectivity index (χ1v) is 10.2. The molecule has 2 aromatic rings. The zero-order valence-corrected chi connectivity index (χ0v) is 16.1. The minimum Gasteiger partial charge on any atom is -0.456 e. The van der Waals surface area contributed by atoms with Crippen LogP contribution in [-0.4, -0.2) is 54.9 Å². The van der Waals surface area contributed by atoms with E-state index < -0.39 is 34.7 Å². The van der Waals surface area contributed by atoms with Crippen LogP contribution in [0.2, 0.25) is 0 Å². The quantitative estimate of drug-likeness (QED) is 0.580. The van der Waals surface area contributed by atoms with Crippen LogP contribution in [0, 0.1) is 6.92 Å². The minimum absolute atomic E-state index is 0.0327. The molecular weight excluding hydrogens is 382 g/mol. The number of benzene rings is 2. The van der Waals surface area contributed by atoms with E-state index in [2.05, 4.69) is 0 Å². The molecule has 0 spiro atoms. The summed E-state index contributed by atoms with van der Waals surface area (Å²) in [5.41, 5.74) is 1.29. The molecule has 1 saturated heterocycles. The van der Waals surface area contributed by atoms with E-state index in [9.17, 15) is 23.1 Å². The number of Topliss-reactive ketones (excluding diaryl/α,β-unsaturated/α-hetero) is 1. The van der Waals surface area contributed by atoms with Gasteiger partial charge in [-0.2, -0.15) is 4.31 Å². The topological polar surface area (TPSA) is 101 Å². The molecule has 0 unspecified atom stereocenters. The third kappa shape index (κ3) is 4.30. The Morgan fingerprint density at radius 1 is 1.11 bits per heavy atom. The van der Waals surface area contributed by atoms with Gasteiger partial charge < -0.3 is 9.84 Å². The molecule has 1 heterocycles. The largest absolute Gasteiger partial charge is 0.456 e. The molecule has 1 fully saturated rings. The molecule has 1 N–H and O–H groups in total. The van der Waals surface area contributed by atoms with Crippen LogP contribution < -0.4 is 0 Å². The number of nitrogens with zero attached hydrogens (tertiary/aromatic N) is 1. The van der Waals surface area contributed by atoms with Crippen molar-refractivity contribution in [2.75, 3.05) is 13.2 Å². The van der Waals surface area contributed by atoms with E-state index in [1.807, 2.05) is 6.92 Å². The van der Waals surface area contributed by atoms with Crippen molar-refractivity contribution in [1.82, 2.24) is 4.31 Å². The number of rotatable bonds is 6. The molecule has 0 saturated carbocycles. The summed E-state index contributed by atoms with van der Waals surface area (Å²) in [7, 11) is -3.99. The molecule has 0 radical (unpaired) electrons. The standard InChI is InChI=1S/C20H21NO6S/c1-14-7-9-17(10-8-14)28(25,26)21-12-16(22)11-18(21)20(24)27-13-19(23)15-5-3-2-4-6-15/h2-10,16,18,22H,11-13H2,1H3/t16-,18-/m0/s1. The van der Waals surface area contributed by atoms with Crippen LogP contribution >= 0.6 is 0 Å². The molecule has 2 aromatic carbocycles. The van der Waals surface area contributed by atoms with Gasteiger partial charge in [-0.15, -0.1) is 0 Å². The summed E-state index contributed by atoms with van der Waals surface area (Å²) in [5, 5.41) is 9.95. The van der Waals surface area contributed by atoms with E-state index in [4.69, 9.17) is 4.74 Å². The monoisotopic (exact) mass is 403 g/mol. The number of β-amino-alcohol motifs (C(OH)–C–C–N with tert-alkyl or cyclic N) is 1. The molecule has 7 nitrogen and oxygen atoms in total.